The molecule has 1 aliphatic heterocycles. The molecule has 1 aromatic rings. The van der Waals surface area contributed by atoms with Crippen molar-refractivity contribution in [3.63, 3.8) is 0 Å². The van der Waals surface area contributed by atoms with E-state index in [0.29, 0.717) is 5.78 Å². The number of likely N-dealkylation sites (tertiary alicyclic amines) is 1. The Morgan fingerprint density at radius 1 is 1.12 bits per heavy atom. The van der Waals surface area contributed by atoms with Crippen LogP contribution in [0.3, 0.4) is 0 Å². The summed E-state index contributed by atoms with van der Waals surface area (Å²) in [6, 6.07) is 10.5. The number of Topliss-reactive ketones (excluding diaryl/α,β-unsaturated/α-hetero) is 1. The number of carbonyl (C=O) groups excluding carboxylic acids is 1. The number of hydrogen-bond acceptors (Lipinski definition) is 2. The van der Waals surface area contributed by atoms with Crippen molar-refractivity contribution >= 4 is 5.78 Å². The highest BCUT2D eigenvalue weighted by Crippen LogP contribution is 2.19. The molecule has 1 unspecified atom stereocenters. The Hall–Kier alpha value is -1.15. The van der Waals surface area contributed by atoms with Crippen LogP contribution in [-0.2, 0) is 11.3 Å². The Kier molecular flexibility index (Phi) is 3.39. The van der Waals surface area contributed by atoms with Gasteiger partial charge in [-0.25, -0.2) is 0 Å². The molecule has 0 amide bonds. The summed E-state index contributed by atoms with van der Waals surface area (Å²) in [5.41, 5.74) is 1.33. The summed E-state index contributed by atoms with van der Waals surface area (Å²) in [5.74, 6) is 0.796. The highest BCUT2D eigenvalue weighted by molar-refractivity contribution is 5.83. The zero-order chi connectivity index (χ0) is 11.5. The fourth-order valence-electron chi connectivity index (χ4n) is 2.49. The molecular formula is C14H19NO. The van der Waals surface area contributed by atoms with Crippen molar-refractivity contribution < 1.29 is 4.79 Å². The van der Waals surface area contributed by atoms with Crippen LogP contribution in [0.2, 0.25) is 0 Å². The van der Waals surface area contributed by atoms with Crippen molar-refractivity contribution in [3.8, 4) is 0 Å². The molecule has 86 valence electrons. The fraction of sp³-hybridized carbons (Fsp3) is 0.500. The maximum Gasteiger partial charge on any atom is 0.141 e. The van der Waals surface area contributed by atoms with Gasteiger partial charge >= 0.3 is 0 Å². The first-order valence-electron chi connectivity index (χ1n) is 5.97. The lowest BCUT2D eigenvalue weighted by molar-refractivity contribution is -0.130. The number of piperidine rings is 1. The van der Waals surface area contributed by atoms with E-state index in [4.69, 9.17) is 0 Å². The first kappa shape index (κ1) is 11.3. The zero-order valence-corrected chi connectivity index (χ0v) is 10.0. The molecule has 16 heavy (non-hydrogen) atoms. The average molecular weight is 217 g/mol. The predicted molar refractivity (Wildman–Crippen MR) is 65.1 cm³/mol. The van der Waals surface area contributed by atoms with Crippen LogP contribution in [0.5, 0.6) is 0 Å². The van der Waals surface area contributed by atoms with Gasteiger partial charge in [-0.2, -0.15) is 0 Å². The third kappa shape index (κ3) is 2.50. The number of ketones is 1. The molecule has 0 saturated carbocycles. The molecule has 0 bridgehead atoms. The number of benzene rings is 1. The van der Waals surface area contributed by atoms with Crippen molar-refractivity contribution in [2.75, 3.05) is 13.1 Å². The molecule has 2 rings (SSSR count). The van der Waals surface area contributed by atoms with E-state index in [1.807, 2.05) is 19.9 Å². The second kappa shape index (κ2) is 4.79. The number of rotatable bonds is 2. The second-order valence-corrected chi connectivity index (χ2v) is 4.88. The van der Waals surface area contributed by atoms with Gasteiger partial charge in [0.15, 0.2) is 0 Å². The molecule has 1 saturated heterocycles. The summed E-state index contributed by atoms with van der Waals surface area (Å²) in [7, 11) is 0. The number of carbonyl (C=O) groups is 1. The molecule has 0 aromatic heterocycles. The quantitative estimate of drug-likeness (QED) is 0.758. The highest BCUT2D eigenvalue weighted by atomic mass is 16.1. The molecular weight excluding hydrogens is 198 g/mol. The minimum absolute atomic E-state index is 0.187. The van der Waals surface area contributed by atoms with Crippen molar-refractivity contribution in [2.45, 2.75) is 20.4 Å². The summed E-state index contributed by atoms with van der Waals surface area (Å²) in [6.45, 7) is 6.84. The Morgan fingerprint density at radius 3 is 2.25 bits per heavy atom. The molecule has 2 atom stereocenters. The van der Waals surface area contributed by atoms with Crippen molar-refractivity contribution in [1.29, 1.82) is 0 Å². The topological polar surface area (TPSA) is 20.3 Å². The van der Waals surface area contributed by atoms with Gasteiger partial charge < -0.3 is 0 Å². The van der Waals surface area contributed by atoms with Gasteiger partial charge in [0.05, 0.1) is 0 Å². The van der Waals surface area contributed by atoms with Gasteiger partial charge in [-0.1, -0.05) is 44.2 Å². The van der Waals surface area contributed by atoms with Gasteiger partial charge in [-0.3, -0.25) is 9.69 Å². The third-order valence-corrected chi connectivity index (χ3v) is 3.28. The van der Waals surface area contributed by atoms with E-state index in [9.17, 15) is 4.79 Å². The molecule has 0 aliphatic carbocycles. The second-order valence-electron chi connectivity index (χ2n) is 4.88. The maximum absolute atomic E-state index is 11.7. The number of hydrogen-bond donors (Lipinski definition) is 0. The third-order valence-electron chi connectivity index (χ3n) is 3.28. The van der Waals surface area contributed by atoms with Crippen LogP contribution in [0.15, 0.2) is 30.3 Å². The van der Waals surface area contributed by atoms with Crippen LogP contribution in [0.1, 0.15) is 19.4 Å². The van der Waals surface area contributed by atoms with E-state index in [0.717, 1.165) is 19.6 Å². The van der Waals surface area contributed by atoms with Crippen LogP contribution < -0.4 is 0 Å². The van der Waals surface area contributed by atoms with Crippen LogP contribution in [0.25, 0.3) is 0 Å². The first-order chi connectivity index (χ1) is 7.66. The summed E-state index contributed by atoms with van der Waals surface area (Å²) in [6.07, 6.45) is 0. The summed E-state index contributed by atoms with van der Waals surface area (Å²) in [5, 5.41) is 0. The van der Waals surface area contributed by atoms with E-state index in [1.54, 1.807) is 0 Å². The van der Waals surface area contributed by atoms with Crippen molar-refractivity contribution in [3.05, 3.63) is 35.9 Å². The van der Waals surface area contributed by atoms with Crippen LogP contribution in [-0.4, -0.2) is 23.8 Å². The molecule has 0 N–H and O–H groups in total. The van der Waals surface area contributed by atoms with E-state index in [2.05, 4.69) is 29.2 Å². The van der Waals surface area contributed by atoms with Crippen LogP contribution in [0, 0.1) is 11.8 Å². The minimum Gasteiger partial charge on any atom is -0.299 e. The van der Waals surface area contributed by atoms with E-state index < -0.39 is 0 Å². The normalized spacial score (nSPS) is 27.0. The van der Waals surface area contributed by atoms with Gasteiger partial charge in [-0.05, 0) is 5.56 Å². The molecule has 0 spiro atoms. The first-order valence-corrected chi connectivity index (χ1v) is 5.97. The SMILES string of the molecule is CC1CN(Cc2ccccc2)C[C@H](C)C1=O. The van der Waals surface area contributed by atoms with E-state index >= 15 is 0 Å². The van der Waals surface area contributed by atoms with Crippen LogP contribution >= 0.6 is 0 Å². The Labute approximate surface area is 97.3 Å². The smallest absolute Gasteiger partial charge is 0.141 e. The monoisotopic (exact) mass is 217 g/mol. The molecule has 0 radical (unpaired) electrons. The summed E-state index contributed by atoms with van der Waals surface area (Å²) in [4.78, 5) is 14.1. The Morgan fingerprint density at radius 2 is 1.69 bits per heavy atom. The highest BCUT2D eigenvalue weighted by Gasteiger charge is 2.29. The van der Waals surface area contributed by atoms with Crippen molar-refractivity contribution in [1.82, 2.24) is 4.90 Å². The molecule has 1 aliphatic rings. The van der Waals surface area contributed by atoms with Crippen molar-refractivity contribution in [2.24, 2.45) is 11.8 Å². The van der Waals surface area contributed by atoms with Gasteiger partial charge in [0.2, 0.25) is 0 Å². The van der Waals surface area contributed by atoms with Gasteiger partial charge in [0.25, 0.3) is 0 Å². The van der Waals surface area contributed by atoms with E-state index in [-0.39, 0.29) is 11.8 Å². The molecule has 2 nitrogen and oxygen atoms in total. The minimum atomic E-state index is 0.187. The largest absolute Gasteiger partial charge is 0.299 e. The Bertz CT molecular complexity index is 346. The molecule has 1 aromatic carbocycles. The molecule has 1 fully saturated rings. The lowest BCUT2D eigenvalue weighted by Crippen LogP contribution is -2.44. The summed E-state index contributed by atoms with van der Waals surface area (Å²) < 4.78 is 0. The lowest BCUT2D eigenvalue weighted by atomic mass is 9.90. The Balaban J connectivity index is 1.99. The zero-order valence-electron chi connectivity index (χ0n) is 10.0. The maximum atomic E-state index is 11.7. The summed E-state index contributed by atoms with van der Waals surface area (Å²) >= 11 is 0. The fourth-order valence-corrected chi connectivity index (χ4v) is 2.49. The predicted octanol–water partition coefficient (Wildman–Crippen LogP) is 2.34. The molecule has 1 heterocycles. The lowest BCUT2D eigenvalue weighted by Gasteiger charge is -2.33. The van der Waals surface area contributed by atoms with Crippen LogP contribution in [0.4, 0.5) is 0 Å². The van der Waals surface area contributed by atoms with Gasteiger partial charge in [0.1, 0.15) is 5.78 Å². The van der Waals surface area contributed by atoms with Gasteiger partial charge in [0, 0.05) is 31.5 Å². The average Bonchev–Trinajstić information content (AvgIpc) is 2.27. The molecule has 2 heteroatoms. The number of nitrogens with zero attached hydrogens (tertiary/aromatic N) is 1. The standard InChI is InChI=1S/C14H19NO/c1-11-8-15(9-12(2)14(11)16)10-13-6-4-3-5-7-13/h3-7,11-12H,8-10H2,1-2H3/t11-,12?/m0/s1. The van der Waals surface area contributed by atoms with Gasteiger partial charge in [-0.15, -0.1) is 0 Å². The van der Waals surface area contributed by atoms with E-state index in [1.165, 1.54) is 5.56 Å².